The number of nitrogens with zero attached hydrogens (tertiary/aromatic N) is 2. The highest BCUT2D eigenvalue weighted by Gasteiger charge is 2.11. The summed E-state index contributed by atoms with van der Waals surface area (Å²) in [5, 5.41) is 22.3. The van der Waals surface area contributed by atoms with Crippen LogP contribution in [-0.4, -0.2) is 10.1 Å². The van der Waals surface area contributed by atoms with Crippen LogP contribution in [0.5, 0.6) is 5.75 Å². The summed E-state index contributed by atoms with van der Waals surface area (Å²) in [7, 11) is 0. The predicted molar refractivity (Wildman–Crippen MR) is 104 cm³/mol. The molecule has 0 radical (unpaired) electrons. The third-order valence-corrected chi connectivity index (χ3v) is 4.55. The van der Waals surface area contributed by atoms with E-state index in [0.29, 0.717) is 22.5 Å². The Morgan fingerprint density at radius 2 is 1.59 bits per heavy atom. The van der Waals surface area contributed by atoms with Crippen LogP contribution in [-0.2, 0) is 0 Å². The lowest BCUT2D eigenvalue weighted by Crippen LogP contribution is -1.93. The average Bonchev–Trinajstić information content (AvgIpc) is 3.07. The van der Waals surface area contributed by atoms with E-state index in [0.717, 1.165) is 21.5 Å². The van der Waals surface area contributed by atoms with Gasteiger partial charge < -0.3 is 9.52 Å². The molecule has 0 unspecified atom stereocenters. The number of phenols is 1. The lowest BCUT2D eigenvalue weighted by atomic mass is 10.1. The number of aromatic amines is 1. The largest absolute Gasteiger partial charge is 0.506 e. The fourth-order valence-electron chi connectivity index (χ4n) is 3.30. The van der Waals surface area contributed by atoms with Crippen molar-refractivity contribution in [2.24, 2.45) is 10.2 Å². The van der Waals surface area contributed by atoms with Crippen molar-refractivity contribution in [1.82, 2.24) is 4.98 Å². The SMILES string of the molecule is O=c1[nH]c2c(cc(N=Nc3c(O)ccc4ccccc34)c3ccccc32)o1. The zero-order chi connectivity index (χ0) is 18.4. The van der Waals surface area contributed by atoms with Crippen LogP contribution in [0.15, 0.2) is 86.2 Å². The maximum Gasteiger partial charge on any atom is 0.417 e. The Hall–Kier alpha value is -3.93. The Kier molecular flexibility index (Phi) is 3.30. The normalized spacial score (nSPS) is 11.9. The number of rotatable bonds is 2. The minimum absolute atomic E-state index is 0.0519. The van der Waals surface area contributed by atoms with Crippen LogP contribution in [0.25, 0.3) is 32.6 Å². The Morgan fingerprint density at radius 3 is 2.44 bits per heavy atom. The van der Waals surface area contributed by atoms with E-state index >= 15 is 0 Å². The van der Waals surface area contributed by atoms with Gasteiger partial charge in [-0.05, 0) is 11.5 Å². The molecule has 0 saturated carbocycles. The molecule has 27 heavy (non-hydrogen) atoms. The van der Waals surface area contributed by atoms with E-state index in [2.05, 4.69) is 15.2 Å². The van der Waals surface area contributed by atoms with Crippen molar-refractivity contribution in [2.75, 3.05) is 0 Å². The second kappa shape index (κ2) is 5.81. The van der Waals surface area contributed by atoms with Gasteiger partial charge in [0.1, 0.15) is 11.4 Å². The van der Waals surface area contributed by atoms with Crippen LogP contribution in [0.4, 0.5) is 11.4 Å². The summed E-state index contributed by atoms with van der Waals surface area (Å²) in [5.74, 6) is -0.466. The van der Waals surface area contributed by atoms with E-state index in [4.69, 9.17) is 4.42 Å². The van der Waals surface area contributed by atoms with Crippen molar-refractivity contribution in [2.45, 2.75) is 0 Å². The fourth-order valence-corrected chi connectivity index (χ4v) is 3.30. The average molecular weight is 355 g/mol. The lowest BCUT2D eigenvalue weighted by molar-refractivity contribution is 0.477. The van der Waals surface area contributed by atoms with Crippen LogP contribution < -0.4 is 5.76 Å². The van der Waals surface area contributed by atoms with Crippen LogP contribution in [0.2, 0.25) is 0 Å². The molecule has 5 aromatic rings. The summed E-state index contributed by atoms with van der Waals surface area (Å²) in [6.45, 7) is 0. The maximum absolute atomic E-state index is 11.6. The van der Waals surface area contributed by atoms with Gasteiger partial charge in [-0.1, -0.05) is 54.6 Å². The highest BCUT2D eigenvalue weighted by atomic mass is 16.4. The van der Waals surface area contributed by atoms with E-state index in [1.807, 2.05) is 54.6 Å². The first kappa shape index (κ1) is 15.3. The van der Waals surface area contributed by atoms with Crippen molar-refractivity contribution >= 4 is 44.0 Å². The van der Waals surface area contributed by atoms with Crippen LogP contribution in [0, 0.1) is 0 Å². The molecule has 0 saturated heterocycles. The summed E-state index contributed by atoms with van der Waals surface area (Å²) >= 11 is 0. The topological polar surface area (TPSA) is 91.0 Å². The van der Waals surface area contributed by atoms with Gasteiger partial charge in [-0.25, -0.2) is 4.79 Å². The second-order valence-electron chi connectivity index (χ2n) is 6.18. The molecule has 0 aliphatic carbocycles. The number of aromatic hydroxyl groups is 1. The summed E-state index contributed by atoms with van der Waals surface area (Å²) in [5.41, 5.74) is 1.98. The molecular formula is C21H13N3O3. The van der Waals surface area contributed by atoms with Gasteiger partial charge in [0.15, 0.2) is 5.58 Å². The Labute approximate surface area is 152 Å². The fraction of sp³-hybridized carbons (Fsp3) is 0. The standard InChI is InChI=1S/C21H13N3O3/c25-17-10-9-12-5-1-2-6-13(12)19(17)24-23-16-11-18-20(22-21(26)27-18)15-8-4-3-7-14(15)16/h1-11,25H,(H,22,26). The molecule has 6 nitrogen and oxygen atoms in total. The number of hydrogen-bond acceptors (Lipinski definition) is 5. The van der Waals surface area contributed by atoms with E-state index < -0.39 is 5.76 Å². The van der Waals surface area contributed by atoms with E-state index in [1.54, 1.807) is 12.1 Å². The van der Waals surface area contributed by atoms with Gasteiger partial charge in [0.25, 0.3) is 0 Å². The lowest BCUT2D eigenvalue weighted by Gasteiger charge is -2.05. The number of phenolic OH excluding ortho intramolecular Hbond substituents is 1. The minimum Gasteiger partial charge on any atom is -0.506 e. The molecule has 4 aromatic carbocycles. The molecule has 6 heteroatoms. The van der Waals surface area contributed by atoms with Gasteiger partial charge in [-0.2, -0.15) is 0 Å². The molecule has 0 atom stereocenters. The first-order valence-electron chi connectivity index (χ1n) is 8.38. The van der Waals surface area contributed by atoms with Crippen LogP contribution in [0.3, 0.4) is 0 Å². The van der Waals surface area contributed by atoms with Crippen molar-refractivity contribution in [3.8, 4) is 5.75 Å². The molecule has 0 spiro atoms. The van der Waals surface area contributed by atoms with Crippen molar-refractivity contribution in [3.05, 3.63) is 77.3 Å². The van der Waals surface area contributed by atoms with Gasteiger partial charge in [-0.15, -0.1) is 10.2 Å². The van der Waals surface area contributed by atoms with Crippen molar-refractivity contribution < 1.29 is 9.52 Å². The van der Waals surface area contributed by atoms with E-state index in [-0.39, 0.29) is 5.75 Å². The summed E-state index contributed by atoms with van der Waals surface area (Å²) in [4.78, 5) is 14.3. The number of aromatic nitrogens is 1. The Morgan fingerprint density at radius 1 is 0.852 bits per heavy atom. The summed E-state index contributed by atoms with van der Waals surface area (Å²) in [6, 6.07) is 20.3. The molecular weight excluding hydrogens is 342 g/mol. The van der Waals surface area contributed by atoms with Gasteiger partial charge >= 0.3 is 5.76 Å². The van der Waals surface area contributed by atoms with Crippen molar-refractivity contribution in [1.29, 1.82) is 0 Å². The molecule has 0 fully saturated rings. The zero-order valence-corrected chi connectivity index (χ0v) is 14.0. The highest BCUT2D eigenvalue weighted by Crippen LogP contribution is 2.38. The zero-order valence-electron chi connectivity index (χ0n) is 14.0. The van der Waals surface area contributed by atoms with Crippen LogP contribution >= 0.6 is 0 Å². The summed E-state index contributed by atoms with van der Waals surface area (Å²) < 4.78 is 5.20. The number of oxazole rings is 1. The number of hydrogen-bond donors (Lipinski definition) is 2. The minimum atomic E-state index is -0.518. The smallest absolute Gasteiger partial charge is 0.417 e. The first-order chi connectivity index (χ1) is 13.2. The number of azo groups is 1. The molecule has 130 valence electrons. The van der Waals surface area contributed by atoms with Gasteiger partial charge in [0, 0.05) is 22.2 Å². The molecule has 0 amide bonds. The third-order valence-electron chi connectivity index (χ3n) is 4.55. The number of benzene rings is 4. The predicted octanol–water partition coefficient (Wildman–Crippen LogP) is 5.55. The maximum atomic E-state index is 11.6. The molecule has 0 aliphatic rings. The molecule has 1 heterocycles. The van der Waals surface area contributed by atoms with Gasteiger partial charge in [0.2, 0.25) is 0 Å². The highest BCUT2D eigenvalue weighted by molar-refractivity contribution is 6.08. The Balaban J connectivity index is 1.75. The quantitative estimate of drug-likeness (QED) is 0.407. The molecule has 1 aromatic heterocycles. The Bertz CT molecular complexity index is 1410. The van der Waals surface area contributed by atoms with E-state index in [9.17, 15) is 9.90 Å². The third kappa shape index (κ3) is 2.46. The number of fused-ring (bicyclic) bond motifs is 4. The monoisotopic (exact) mass is 355 g/mol. The van der Waals surface area contributed by atoms with Crippen molar-refractivity contribution in [3.63, 3.8) is 0 Å². The van der Waals surface area contributed by atoms with Crippen LogP contribution in [0.1, 0.15) is 0 Å². The second-order valence-corrected chi connectivity index (χ2v) is 6.18. The first-order valence-corrected chi connectivity index (χ1v) is 8.38. The number of nitrogens with one attached hydrogen (secondary N) is 1. The number of H-pyrrole nitrogens is 1. The van der Waals surface area contributed by atoms with Gasteiger partial charge in [0.05, 0.1) is 11.2 Å². The molecule has 5 rings (SSSR count). The summed E-state index contributed by atoms with van der Waals surface area (Å²) in [6.07, 6.45) is 0. The molecule has 2 N–H and O–H groups in total. The van der Waals surface area contributed by atoms with Gasteiger partial charge in [-0.3, -0.25) is 4.98 Å². The molecule has 0 aliphatic heterocycles. The van der Waals surface area contributed by atoms with E-state index in [1.165, 1.54) is 0 Å². The molecule has 0 bridgehead atoms.